The van der Waals surface area contributed by atoms with Crippen molar-refractivity contribution in [2.24, 2.45) is 0 Å². The van der Waals surface area contributed by atoms with Gasteiger partial charge in [0.25, 0.3) is 0 Å². The molecule has 0 aliphatic rings. The van der Waals surface area contributed by atoms with Crippen LogP contribution in [-0.2, 0) is 11.3 Å². The van der Waals surface area contributed by atoms with Crippen molar-refractivity contribution in [3.05, 3.63) is 88.5 Å². The summed E-state index contributed by atoms with van der Waals surface area (Å²) in [4.78, 5) is 22.1. The number of anilines is 1. The number of phenols is 1. The Kier molecular flexibility index (Phi) is 5.32. The van der Waals surface area contributed by atoms with Crippen LogP contribution in [0.25, 0.3) is 11.1 Å². The number of ether oxygens (including phenoxy) is 1. The normalized spacial score (nSPS) is 10.2. The third-order valence-electron chi connectivity index (χ3n) is 3.85. The van der Waals surface area contributed by atoms with Gasteiger partial charge in [-0.15, -0.1) is 0 Å². The summed E-state index contributed by atoms with van der Waals surface area (Å²) in [6, 6.07) is 20.2. The minimum atomic E-state index is -0.641. The quantitative estimate of drug-likeness (QED) is 0.504. The van der Waals surface area contributed by atoms with Gasteiger partial charge in [-0.1, -0.05) is 48.5 Å². The Hall–Kier alpha value is -3.87. The number of nitrogens with one attached hydrogen (secondary N) is 1. The van der Waals surface area contributed by atoms with Crippen molar-refractivity contribution in [3.63, 3.8) is 0 Å². The van der Waals surface area contributed by atoms with Crippen molar-refractivity contribution in [3.8, 4) is 16.9 Å². The fourth-order valence-corrected chi connectivity index (χ4v) is 2.47. The van der Waals surface area contributed by atoms with Crippen LogP contribution < -0.4 is 5.32 Å². The maximum Gasteiger partial charge on any atom is 0.411 e. The first-order valence-electron chi connectivity index (χ1n) is 8.08. The molecular formula is C20H16N2O5. The molecule has 0 aromatic heterocycles. The SMILES string of the molecule is O=C(Nc1ccc(-c2ccc(O)c([N+](=O)[O-])c2)cc1)OCc1ccccc1. The second-order valence-electron chi connectivity index (χ2n) is 5.72. The molecule has 7 nitrogen and oxygen atoms in total. The topological polar surface area (TPSA) is 102 Å². The Morgan fingerprint density at radius 2 is 1.67 bits per heavy atom. The molecule has 0 bridgehead atoms. The van der Waals surface area contributed by atoms with E-state index < -0.39 is 11.0 Å². The third kappa shape index (κ3) is 4.60. The molecule has 3 aromatic carbocycles. The average Bonchev–Trinajstić information content (AvgIpc) is 2.68. The van der Waals surface area contributed by atoms with Crippen LogP contribution in [0.5, 0.6) is 5.75 Å². The lowest BCUT2D eigenvalue weighted by molar-refractivity contribution is -0.385. The molecule has 0 saturated carbocycles. The predicted molar refractivity (Wildman–Crippen MR) is 100 cm³/mol. The van der Waals surface area contributed by atoms with Crippen molar-refractivity contribution in [2.75, 3.05) is 5.32 Å². The number of rotatable bonds is 5. The van der Waals surface area contributed by atoms with E-state index in [2.05, 4.69) is 5.32 Å². The molecule has 7 heteroatoms. The van der Waals surface area contributed by atoms with Gasteiger partial charge in [-0.25, -0.2) is 4.79 Å². The highest BCUT2D eigenvalue weighted by Gasteiger charge is 2.14. The van der Waals surface area contributed by atoms with Crippen molar-refractivity contribution in [1.82, 2.24) is 0 Å². The van der Waals surface area contributed by atoms with Gasteiger partial charge in [-0.2, -0.15) is 0 Å². The zero-order valence-electron chi connectivity index (χ0n) is 14.2. The molecule has 136 valence electrons. The van der Waals surface area contributed by atoms with Gasteiger partial charge in [0.1, 0.15) is 6.61 Å². The smallest absolute Gasteiger partial charge is 0.411 e. The van der Waals surface area contributed by atoms with E-state index in [1.165, 1.54) is 12.1 Å². The molecule has 0 saturated heterocycles. The van der Waals surface area contributed by atoms with Crippen LogP contribution in [0.1, 0.15) is 5.56 Å². The van der Waals surface area contributed by atoms with E-state index in [1.807, 2.05) is 30.3 Å². The summed E-state index contributed by atoms with van der Waals surface area (Å²) in [5.41, 5.74) is 2.35. The van der Waals surface area contributed by atoms with Crippen LogP contribution in [0.3, 0.4) is 0 Å². The van der Waals surface area contributed by atoms with Crippen molar-refractivity contribution < 1.29 is 19.6 Å². The molecule has 27 heavy (non-hydrogen) atoms. The van der Waals surface area contributed by atoms with E-state index in [4.69, 9.17) is 4.74 Å². The Labute approximate surface area is 155 Å². The standard InChI is InChI=1S/C20H16N2O5/c23-19-11-8-16(12-18(19)22(25)26)15-6-9-17(10-7-15)21-20(24)27-13-14-4-2-1-3-5-14/h1-12,23H,13H2,(H,21,24). The maximum absolute atomic E-state index is 11.9. The first-order valence-corrected chi connectivity index (χ1v) is 8.08. The van der Waals surface area contributed by atoms with Gasteiger partial charge < -0.3 is 9.84 Å². The first kappa shape index (κ1) is 17.9. The zero-order chi connectivity index (χ0) is 19.2. The molecule has 0 heterocycles. The van der Waals surface area contributed by atoms with Crippen LogP contribution in [0.4, 0.5) is 16.2 Å². The number of nitro groups is 1. The van der Waals surface area contributed by atoms with Crippen LogP contribution in [0.2, 0.25) is 0 Å². The summed E-state index contributed by atoms with van der Waals surface area (Å²) in [5, 5.41) is 23.1. The van der Waals surface area contributed by atoms with E-state index in [0.29, 0.717) is 16.8 Å². The molecular weight excluding hydrogens is 348 g/mol. The van der Waals surface area contributed by atoms with Gasteiger partial charge in [0.15, 0.2) is 5.75 Å². The van der Waals surface area contributed by atoms with Crippen LogP contribution in [-0.4, -0.2) is 16.1 Å². The van der Waals surface area contributed by atoms with Gasteiger partial charge in [-0.05, 0) is 34.9 Å². The van der Waals surface area contributed by atoms with Gasteiger partial charge in [0, 0.05) is 11.8 Å². The summed E-state index contributed by atoms with van der Waals surface area (Å²) < 4.78 is 5.15. The largest absolute Gasteiger partial charge is 0.502 e. The molecule has 3 rings (SSSR count). The monoisotopic (exact) mass is 364 g/mol. The van der Waals surface area contributed by atoms with E-state index >= 15 is 0 Å². The molecule has 0 atom stereocenters. The number of amides is 1. The van der Waals surface area contributed by atoms with E-state index in [1.54, 1.807) is 30.3 Å². The second kappa shape index (κ2) is 8.01. The minimum absolute atomic E-state index is 0.169. The lowest BCUT2D eigenvalue weighted by Gasteiger charge is -2.08. The molecule has 0 aliphatic carbocycles. The number of benzene rings is 3. The molecule has 0 aliphatic heterocycles. The van der Waals surface area contributed by atoms with E-state index in [9.17, 15) is 20.0 Å². The molecule has 0 unspecified atom stereocenters. The Balaban J connectivity index is 1.64. The number of aromatic hydroxyl groups is 1. The highest BCUT2D eigenvalue weighted by molar-refractivity contribution is 5.85. The molecule has 1 amide bonds. The Bertz CT molecular complexity index is 956. The highest BCUT2D eigenvalue weighted by atomic mass is 16.6. The molecule has 0 spiro atoms. The average molecular weight is 364 g/mol. The summed E-state index contributed by atoms with van der Waals surface area (Å²) in [6.07, 6.45) is -0.577. The van der Waals surface area contributed by atoms with Gasteiger partial charge in [0.05, 0.1) is 4.92 Å². The molecule has 0 fully saturated rings. The summed E-state index contributed by atoms with van der Waals surface area (Å²) in [7, 11) is 0. The summed E-state index contributed by atoms with van der Waals surface area (Å²) in [6.45, 7) is 0.169. The Morgan fingerprint density at radius 3 is 2.33 bits per heavy atom. The van der Waals surface area contributed by atoms with Gasteiger partial charge in [-0.3, -0.25) is 15.4 Å². The summed E-state index contributed by atoms with van der Waals surface area (Å²) in [5.74, 6) is -0.386. The maximum atomic E-state index is 11.9. The number of carbonyl (C=O) groups excluding carboxylic acids is 1. The van der Waals surface area contributed by atoms with Crippen molar-refractivity contribution >= 4 is 17.5 Å². The number of phenolic OH excluding ortho intramolecular Hbond substituents is 1. The highest BCUT2D eigenvalue weighted by Crippen LogP contribution is 2.31. The third-order valence-corrected chi connectivity index (χ3v) is 3.85. The predicted octanol–water partition coefficient (Wildman–Crippen LogP) is 4.72. The van der Waals surface area contributed by atoms with Crippen LogP contribution in [0, 0.1) is 10.1 Å². The summed E-state index contributed by atoms with van der Waals surface area (Å²) >= 11 is 0. The lowest BCUT2D eigenvalue weighted by Crippen LogP contribution is -2.13. The molecule has 3 aromatic rings. The van der Waals surface area contributed by atoms with E-state index in [-0.39, 0.29) is 18.0 Å². The minimum Gasteiger partial charge on any atom is -0.502 e. The van der Waals surface area contributed by atoms with Gasteiger partial charge >= 0.3 is 11.8 Å². The Morgan fingerprint density at radius 1 is 1.00 bits per heavy atom. The lowest BCUT2D eigenvalue weighted by atomic mass is 10.0. The molecule has 0 radical (unpaired) electrons. The number of nitro benzene ring substituents is 1. The molecule has 2 N–H and O–H groups in total. The van der Waals surface area contributed by atoms with Crippen LogP contribution in [0.15, 0.2) is 72.8 Å². The zero-order valence-corrected chi connectivity index (χ0v) is 14.2. The number of hydrogen-bond donors (Lipinski definition) is 2. The number of hydrogen-bond acceptors (Lipinski definition) is 5. The first-order chi connectivity index (χ1) is 13.0. The van der Waals surface area contributed by atoms with E-state index in [0.717, 1.165) is 5.56 Å². The number of nitrogens with zero attached hydrogens (tertiary/aromatic N) is 1. The van der Waals surface area contributed by atoms with Gasteiger partial charge in [0.2, 0.25) is 0 Å². The van der Waals surface area contributed by atoms with Crippen molar-refractivity contribution in [1.29, 1.82) is 0 Å². The van der Waals surface area contributed by atoms with Crippen molar-refractivity contribution in [2.45, 2.75) is 6.61 Å². The fraction of sp³-hybridized carbons (Fsp3) is 0.0500. The number of carbonyl (C=O) groups is 1. The second-order valence-corrected chi connectivity index (χ2v) is 5.72. The van der Waals surface area contributed by atoms with Crippen LogP contribution >= 0.6 is 0 Å². The fourth-order valence-electron chi connectivity index (χ4n) is 2.47.